The van der Waals surface area contributed by atoms with Crippen molar-refractivity contribution in [2.24, 2.45) is 5.92 Å². The van der Waals surface area contributed by atoms with E-state index >= 15 is 0 Å². The second-order valence-electron chi connectivity index (χ2n) is 7.64. The second kappa shape index (κ2) is 11.4. The third-order valence-electron chi connectivity index (χ3n) is 4.58. The molecular formula is C22H27N7O3S. The largest absolute Gasteiger partial charge is 0.369 e. The minimum absolute atomic E-state index is 0.00918. The second-order valence-corrected chi connectivity index (χ2v) is 8.87. The van der Waals surface area contributed by atoms with E-state index in [4.69, 9.17) is 0 Å². The van der Waals surface area contributed by atoms with Crippen molar-refractivity contribution in [1.82, 2.24) is 25.1 Å². The smallest absolute Gasteiger partial charge is 0.269 e. The molecule has 0 spiro atoms. The van der Waals surface area contributed by atoms with Crippen molar-refractivity contribution in [2.45, 2.75) is 32.5 Å². The lowest BCUT2D eigenvalue weighted by atomic mass is 10.2. The SMILES string of the molecule is CCSc1nc(NCC(C)C)c2cnn(CCNC(=O)C=Cc3ccc([N+](=O)[O-])cc3)c2n1. The van der Waals surface area contributed by atoms with E-state index in [9.17, 15) is 14.9 Å². The zero-order chi connectivity index (χ0) is 23.8. The molecule has 3 rings (SSSR count). The highest BCUT2D eigenvalue weighted by molar-refractivity contribution is 7.99. The molecule has 10 nitrogen and oxygen atoms in total. The number of nitrogens with zero attached hydrogens (tertiary/aromatic N) is 5. The number of nitrogens with one attached hydrogen (secondary N) is 2. The Bertz CT molecular complexity index is 1140. The predicted octanol–water partition coefficient (Wildman–Crippen LogP) is 3.74. The van der Waals surface area contributed by atoms with Crippen LogP contribution in [0.1, 0.15) is 26.3 Å². The molecule has 1 aromatic carbocycles. The van der Waals surface area contributed by atoms with Gasteiger partial charge in [0.05, 0.1) is 23.1 Å². The highest BCUT2D eigenvalue weighted by atomic mass is 32.2. The Morgan fingerprint density at radius 3 is 2.70 bits per heavy atom. The Hall–Kier alpha value is -3.47. The van der Waals surface area contributed by atoms with E-state index in [0.717, 1.165) is 29.1 Å². The Labute approximate surface area is 196 Å². The summed E-state index contributed by atoms with van der Waals surface area (Å²) in [5.41, 5.74) is 1.44. The number of non-ortho nitro benzene ring substituents is 1. The summed E-state index contributed by atoms with van der Waals surface area (Å²) >= 11 is 1.57. The Morgan fingerprint density at radius 2 is 2.03 bits per heavy atom. The lowest BCUT2D eigenvalue weighted by molar-refractivity contribution is -0.384. The number of anilines is 1. The van der Waals surface area contributed by atoms with Gasteiger partial charge in [0.2, 0.25) is 5.91 Å². The maximum Gasteiger partial charge on any atom is 0.269 e. The first-order valence-corrected chi connectivity index (χ1v) is 11.7. The van der Waals surface area contributed by atoms with Gasteiger partial charge in [-0.3, -0.25) is 14.9 Å². The average molecular weight is 470 g/mol. The summed E-state index contributed by atoms with van der Waals surface area (Å²) in [6.07, 6.45) is 4.75. The molecule has 1 amide bonds. The van der Waals surface area contributed by atoms with E-state index in [0.29, 0.717) is 29.7 Å². The lowest BCUT2D eigenvalue weighted by Gasteiger charge is -2.11. The average Bonchev–Trinajstić information content (AvgIpc) is 3.19. The van der Waals surface area contributed by atoms with Crippen LogP contribution in [0, 0.1) is 16.0 Å². The number of carbonyl (C=O) groups is 1. The molecule has 0 saturated heterocycles. The molecule has 0 unspecified atom stereocenters. The first-order valence-electron chi connectivity index (χ1n) is 10.7. The van der Waals surface area contributed by atoms with E-state index in [1.54, 1.807) is 40.8 Å². The summed E-state index contributed by atoms with van der Waals surface area (Å²) in [6, 6.07) is 5.98. The van der Waals surface area contributed by atoms with Gasteiger partial charge in [0.15, 0.2) is 10.8 Å². The number of nitro groups is 1. The predicted molar refractivity (Wildman–Crippen MR) is 130 cm³/mol. The van der Waals surface area contributed by atoms with Crippen molar-refractivity contribution in [3.05, 3.63) is 52.2 Å². The van der Waals surface area contributed by atoms with Crippen LogP contribution in [0.4, 0.5) is 11.5 Å². The van der Waals surface area contributed by atoms with Crippen molar-refractivity contribution >= 4 is 46.3 Å². The number of thioether (sulfide) groups is 1. The van der Waals surface area contributed by atoms with Gasteiger partial charge in [-0.25, -0.2) is 14.6 Å². The molecule has 174 valence electrons. The Morgan fingerprint density at radius 1 is 1.27 bits per heavy atom. The van der Waals surface area contributed by atoms with Gasteiger partial charge in [-0.1, -0.05) is 32.5 Å². The zero-order valence-electron chi connectivity index (χ0n) is 18.8. The van der Waals surface area contributed by atoms with E-state index in [1.807, 2.05) is 0 Å². The van der Waals surface area contributed by atoms with Crippen LogP contribution in [0.5, 0.6) is 0 Å². The molecule has 0 saturated carbocycles. The molecule has 0 aliphatic rings. The molecule has 2 N–H and O–H groups in total. The van der Waals surface area contributed by atoms with Crippen LogP contribution in [0.3, 0.4) is 0 Å². The van der Waals surface area contributed by atoms with Crippen LogP contribution in [-0.2, 0) is 11.3 Å². The maximum absolute atomic E-state index is 12.2. The number of rotatable bonds is 11. The fourth-order valence-electron chi connectivity index (χ4n) is 2.95. The topological polar surface area (TPSA) is 128 Å². The standard InChI is InChI=1S/C22H27N7O3S/c1-4-33-22-26-20(24-13-15(2)3)18-14-25-28(21(18)27-22)12-11-23-19(30)10-7-16-5-8-17(9-6-16)29(31)32/h5-10,14-15H,4,11-13H2,1-3H3,(H,23,30)(H,24,26,27). The number of hydrogen-bond donors (Lipinski definition) is 2. The zero-order valence-corrected chi connectivity index (χ0v) is 19.6. The first kappa shape index (κ1) is 24.2. The van der Waals surface area contributed by atoms with E-state index in [2.05, 4.69) is 46.5 Å². The lowest BCUT2D eigenvalue weighted by Crippen LogP contribution is -2.25. The summed E-state index contributed by atoms with van der Waals surface area (Å²) in [6.45, 7) is 7.94. The van der Waals surface area contributed by atoms with Gasteiger partial charge in [-0.05, 0) is 35.4 Å². The van der Waals surface area contributed by atoms with Crippen molar-refractivity contribution in [1.29, 1.82) is 0 Å². The van der Waals surface area contributed by atoms with E-state index < -0.39 is 4.92 Å². The highest BCUT2D eigenvalue weighted by Crippen LogP contribution is 2.24. The summed E-state index contributed by atoms with van der Waals surface area (Å²) in [4.78, 5) is 31.7. The van der Waals surface area contributed by atoms with Gasteiger partial charge in [-0.15, -0.1) is 0 Å². The molecule has 33 heavy (non-hydrogen) atoms. The minimum atomic E-state index is -0.461. The van der Waals surface area contributed by atoms with Crippen molar-refractivity contribution in [2.75, 3.05) is 24.2 Å². The molecule has 0 aliphatic carbocycles. The van der Waals surface area contributed by atoms with Crippen LogP contribution in [-0.4, -0.2) is 49.4 Å². The highest BCUT2D eigenvalue weighted by Gasteiger charge is 2.13. The number of amides is 1. The van der Waals surface area contributed by atoms with Gasteiger partial charge >= 0.3 is 0 Å². The van der Waals surface area contributed by atoms with Crippen molar-refractivity contribution in [3.8, 4) is 0 Å². The third-order valence-corrected chi connectivity index (χ3v) is 5.31. The summed E-state index contributed by atoms with van der Waals surface area (Å²) < 4.78 is 1.76. The fraction of sp³-hybridized carbons (Fsp3) is 0.364. The van der Waals surface area contributed by atoms with Gasteiger partial charge in [0, 0.05) is 31.3 Å². The quantitative estimate of drug-likeness (QED) is 0.143. The molecule has 0 fully saturated rings. The number of nitro benzene ring substituents is 1. The number of aromatic nitrogens is 4. The van der Waals surface area contributed by atoms with Crippen molar-refractivity contribution < 1.29 is 9.72 Å². The summed E-state index contributed by atoms with van der Waals surface area (Å²) in [7, 11) is 0. The monoisotopic (exact) mass is 469 g/mol. The molecule has 0 radical (unpaired) electrons. The number of carbonyl (C=O) groups excluding carboxylic acids is 1. The number of fused-ring (bicyclic) bond motifs is 1. The van der Waals surface area contributed by atoms with E-state index in [-0.39, 0.29) is 11.6 Å². The van der Waals surface area contributed by atoms with Gasteiger partial charge in [-0.2, -0.15) is 5.10 Å². The summed E-state index contributed by atoms with van der Waals surface area (Å²) in [5.74, 6) is 1.84. The number of benzene rings is 1. The molecular weight excluding hydrogens is 442 g/mol. The molecule has 0 atom stereocenters. The third kappa shape index (κ3) is 6.75. The molecule has 3 aromatic rings. The molecule has 11 heteroatoms. The van der Waals surface area contributed by atoms with Gasteiger partial charge in [0.1, 0.15) is 5.82 Å². The van der Waals surface area contributed by atoms with Crippen molar-refractivity contribution in [3.63, 3.8) is 0 Å². The molecule has 0 bridgehead atoms. The Balaban J connectivity index is 1.63. The first-order chi connectivity index (χ1) is 15.9. The Kier molecular flexibility index (Phi) is 8.36. The maximum atomic E-state index is 12.2. The fourth-order valence-corrected chi connectivity index (χ4v) is 3.52. The van der Waals surface area contributed by atoms with E-state index in [1.165, 1.54) is 18.2 Å². The van der Waals surface area contributed by atoms with Crippen LogP contribution in [0.25, 0.3) is 17.1 Å². The summed E-state index contributed by atoms with van der Waals surface area (Å²) in [5, 5.41) is 22.9. The van der Waals surface area contributed by atoms with Gasteiger partial charge < -0.3 is 10.6 Å². The van der Waals surface area contributed by atoms with Crippen LogP contribution in [0.2, 0.25) is 0 Å². The van der Waals surface area contributed by atoms with Crippen LogP contribution >= 0.6 is 11.8 Å². The van der Waals surface area contributed by atoms with Gasteiger partial charge in [0.25, 0.3) is 5.69 Å². The molecule has 0 aliphatic heterocycles. The normalized spacial score (nSPS) is 11.4. The van der Waals surface area contributed by atoms with Crippen LogP contribution in [0.15, 0.2) is 41.7 Å². The molecule has 2 aromatic heterocycles. The number of hydrogen-bond acceptors (Lipinski definition) is 8. The molecule has 2 heterocycles. The van der Waals surface area contributed by atoms with Crippen LogP contribution < -0.4 is 10.6 Å². The minimum Gasteiger partial charge on any atom is -0.369 e.